The summed E-state index contributed by atoms with van der Waals surface area (Å²) in [6.07, 6.45) is 3.23. The van der Waals surface area contributed by atoms with Gasteiger partial charge in [-0.3, -0.25) is 4.68 Å². The zero-order chi connectivity index (χ0) is 15.4. The summed E-state index contributed by atoms with van der Waals surface area (Å²) in [6, 6.07) is 0. The number of aryl methyl sites for hydroxylation is 1. The molecule has 0 amide bonds. The van der Waals surface area contributed by atoms with Crippen LogP contribution in [0.25, 0.3) is 0 Å². The van der Waals surface area contributed by atoms with Crippen LogP contribution in [0, 0.1) is 0 Å². The molecule has 1 rings (SSSR count). The van der Waals surface area contributed by atoms with E-state index >= 15 is 0 Å². The highest BCUT2D eigenvalue weighted by Gasteiger charge is 2.33. The summed E-state index contributed by atoms with van der Waals surface area (Å²) in [4.78, 5) is -0.0364. The van der Waals surface area contributed by atoms with Gasteiger partial charge in [0.15, 0.2) is 5.82 Å². The van der Waals surface area contributed by atoms with Crippen LogP contribution in [0.5, 0.6) is 0 Å². The first-order valence-electron chi connectivity index (χ1n) is 6.82. The van der Waals surface area contributed by atoms with Crippen LogP contribution in [0.1, 0.15) is 40.0 Å². The Morgan fingerprint density at radius 3 is 2.45 bits per heavy atom. The topological polar surface area (TPSA) is 110 Å². The van der Waals surface area contributed by atoms with E-state index in [0.717, 1.165) is 6.42 Å². The number of nitrogen functional groups attached to an aromatic ring is 1. The third kappa shape index (κ3) is 3.50. The molecule has 7 nitrogen and oxygen atoms in total. The van der Waals surface area contributed by atoms with Crippen molar-refractivity contribution in [1.82, 2.24) is 14.5 Å². The molecule has 0 aliphatic heterocycles. The van der Waals surface area contributed by atoms with Gasteiger partial charge in [-0.05, 0) is 19.3 Å². The van der Waals surface area contributed by atoms with Gasteiger partial charge in [0.05, 0.1) is 12.1 Å². The van der Waals surface area contributed by atoms with Gasteiger partial charge in [-0.15, -0.1) is 0 Å². The predicted octanol–water partition coefficient (Wildman–Crippen LogP) is 0.705. The van der Waals surface area contributed by atoms with Gasteiger partial charge in [0.1, 0.15) is 4.90 Å². The van der Waals surface area contributed by atoms with Gasteiger partial charge in [0.2, 0.25) is 10.0 Å². The molecule has 0 saturated carbocycles. The second-order valence-electron chi connectivity index (χ2n) is 4.89. The highest BCUT2D eigenvalue weighted by molar-refractivity contribution is 7.89. The molecule has 0 aliphatic rings. The lowest BCUT2D eigenvalue weighted by atomic mass is 9.96. The Labute approximate surface area is 120 Å². The Kier molecular flexibility index (Phi) is 5.55. The monoisotopic (exact) mass is 304 g/mol. The van der Waals surface area contributed by atoms with E-state index in [-0.39, 0.29) is 17.3 Å². The minimum atomic E-state index is -3.80. The van der Waals surface area contributed by atoms with Crippen molar-refractivity contribution < 1.29 is 13.5 Å². The van der Waals surface area contributed by atoms with E-state index in [2.05, 4.69) is 9.82 Å². The third-order valence-electron chi connectivity index (χ3n) is 3.50. The van der Waals surface area contributed by atoms with Crippen molar-refractivity contribution in [3.63, 3.8) is 0 Å². The lowest BCUT2D eigenvalue weighted by molar-refractivity contribution is 0.172. The number of hydrogen-bond donors (Lipinski definition) is 3. The average molecular weight is 304 g/mol. The van der Waals surface area contributed by atoms with Crippen LogP contribution in [-0.4, -0.2) is 35.5 Å². The molecule has 20 heavy (non-hydrogen) atoms. The normalized spacial score (nSPS) is 12.8. The Bertz CT molecular complexity index is 527. The van der Waals surface area contributed by atoms with E-state index in [1.54, 1.807) is 0 Å². The van der Waals surface area contributed by atoms with Gasteiger partial charge in [-0.25, -0.2) is 13.1 Å². The third-order valence-corrected chi connectivity index (χ3v) is 5.10. The minimum Gasteiger partial charge on any atom is -0.394 e. The van der Waals surface area contributed by atoms with Crippen LogP contribution in [0.2, 0.25) is 0 Å². The molecule has 116 valence electrons. The maximum absolute atomic E-state index is 12.4. The predicted molar refractivity (Wildman–Crippen MR) is 77.7 cm³/mol. The fourth-order valence-electron chi connectivity index (χ4n) is 1.96. The number of anilines is 1. The molecule has 0 atom stereocenters. The number of rotatable bonds is 8. The fourth-order valence-corrected chi connectivity index (χ4v) is 3.57. The molecule has 0 radical (unpaired) electrons. The number of aromatic nitrogens is 2. The molecular weight excluding hydrogens is 280 g/mol. The molecule has 0 aliphatic carbocycles. The van der Waals surface area contributed by atoms with E-state index in [4.69, 9.17) is 5.73 Å². The molecule has 0 unspecified atom stereocenters. The van der Waals surface area contributed by atoms with Gasteiger partial charge < -0.3 is 10.8 Å². The maximum Gasteiger partial charge on any atom is 0.246 e. The van der Waals surface area contributed by atoms with Crippen LogP contribution < -0.4 is 10.5 Å². The van der Waals surface area contributed by atoms with Crippen molar-refractivity contribution >= 4 is 15.8 Å². The zero-order valence-electron chi connectivity index (χ0n) is 12.3. The van der Waals surface area contributed by atoms with Gasteiger partial charge in [0, 0.05) is 12.7 Å². The summed E-state index contributed by atoms with van der Waals surface area (Å²) in [6.45, 7) is 5.96. The smallest absolute Gasteiger partial charge is 0.246 e. The minimum absolute atomic E-state index is 0.0232. The molecular formula is C12H24N4O3S. The number of hydrogen-bond acceptors (Lipinski definition) is 5. The van der Waals surface area contributed by atoms with E-state index in [9.17, 15) is 13.5 Å². The van der Waals surface area contributed by atoms with Crippen molar-refractivity contribution in [2.24, 2.45) is 0 Å². The fraction of sp³-hybridized carbons (Fsp3) is 0.750. The molecule has 0 spiro atoms. The zero-order valence-corrected chi connectivity index (χ0v) is 13.1. The second-order valence-corrected chi connectivity index (χ2v) is 6.54. The number of sulfonamides is 1. The van der Waals surface area contributed by atoms with Crippen LogP contribution in [0.3, 0.4) is 0 Å². The second kappa shape index (κ2) is 6.55. The first-order chi connectivity index (χ1) is 9.34. The van der Waals surface area contributed by atoms with Gasteiger partial charge >= 0.3 is 0 Å². The largest absolute Gasteiger partial charge is 0.394 e. The molecule has 4 N–H and O–H groups in total. The number of nitrogens with zero attached hydrogens (tertiary/aromatic N) is 2. The maximum atomic E-state index is 12.4. The van der Waals surface area contributed by atoms with Gasteiger partial charge in [-0.1, -0.05) is 20.8 Å². The van der Waals surface area contributed by atoms with Crippen molar-refractivity contribution in [1.29, 1.82) is 0 Å². The molecule has 0 fully saturated rings. The summed E-state index contributed by atoms with van der Waals surface area (Å²) < 4.78 is 28.9. The van der Waals surface area contributed by atoms with E-state index in [1.807, 2.05) is 20.8 Å². The van der Waals surface area contributed by atoms with Crippen molar-refractivity contribution in [3.8, 4) is 0 Å². The highest BCUT2D eigenvalue weighted by Crippen LogP contribution is 2.22. The number of nitrogens with two attached hydrogens (primary N) is 1. The van der Waals surface area contributed by atoms with Crippen molar-refractivity contribution in [3.05, 3.63) is 6.20 Å². The molecule has 1 aromatic heterocycles. The Morgan fingerprint density at radius 2 is 2.00 bits per heavy atom. The van der Waals surface area contributed by atoms with Crippen molar-refractivity contribution in [2.45, 2.75) is 57.0 Å². The van der Waals surface area contributed by atoms with Crippen LogP contribution in [0.15, 0.2) is 11.1 Å². The van der Waals surface area contributed by atoms with Crippen LogP contribution in [-0.2, 0) is 16.6 Å². The molecule has 1 heterocycles. The Hall–Kier alpha value is -1.12. The summed E-state index contributed by atoms with van der Waals surface area (Å²) in [5, 5.41) is 13.5. The summed E-state index contributed by atoms with van der Waals surface area (Å²) in [5.74, 6) is -0.0232. The first-order valence-corrected chi connectivity index (χ1v) is 8.30. The van der Waals surface area contributed by atoms with Crippen LogP contribution >= 0.6 is 0 Å². The molecule has 0 saturated heterocycles. The standard InChI is InChI=1S/C12H24N4O3S/c1-4-7-16-8-10(11(13)14-16)20(18,19)15-12(5-2,6-3)9-17/h8,15,17H,4-7,9H2,1-3H3,(H2,13,14). The number of aliphatic hydroxyl groups excluding tert-OH is 1. The molecule has 8 heteroatoms. The molecule has 1 aromatic rings. The average Bonchev–Trinajstić information content (AvgIpc) is 2.78. The summed E-state index contributed by atoms with van der Waals surface area (Å²) in [7, 11) is -3.80. The van der Waals surface area contributed by atoms with E-state index < -0.39 is 15.6 Å². The van der Waals surface area contributed by atoms with E-state index in [1.165, 1.54) is 10.9 Å². The quantitative estimate of drug-likeness (QED) is 0.655. The molecule has 0 aromatic carbocycles. The molecule has 0 bridgehead atoms. The summed E-state index contributed by atoms with van der Waals surface area (Å²) in [5.41, 5.74) is 4.82. The first kappa shape index (κ1) is 16.9. The summed E-state index contributed by atoms with van der Waals surface area (Å²) >= 11 is 0. The Balaban J connectivity index is 3.10. The van der Waals surface area contributed by atoms with Gasteiger partial charge in [0.25, 0.3) is 0 Å². The van der Waals surface area contributed by atoms with Crippen LogP contribution in [0.4, 0.5) is 5.82 Å². The lowest BCUT2D eigenvalue weighted by Crippen LogP contribution is -2.50. The number of aliphatic hydroxyl groups is 1. The van der Waals surface area contributed by atoms with Crippen molar-refractivity contribution in [2.75, 3.05) is 12.3 Å². The lowest BCUT2D eigenvalue weighted by Gasteiger charge is -2.30. The highest BCUT2D eigenvalue weighted by atomic mass is 32.2. The van der Waals surface area contributed by atoms with E-state index in [0.29, 0.717) is 19.4 Å². The SMILES string of the molecule is CCCn1cc(S(=O)(=O)NC(CC)(CC)CO)c(N)n1. The Morgan fingerprint density at radius 1 is 1.40 bits per heavy atom. The number of nitrogens with one attached hydrogen (secondary N) is 1. The van der Waals surface area contributed by atoms with Gasteiger partial charge in [-0.2, -0.15) is 5.10 Å².